The summed E-state index contributed by atoms with van der Waals surface area (Å²) in [4.78, 5) is 11.1. The van der Waals surface area contributed by atoms with Crippen molar-refractivity contribution in [2.75, 3.05) is 6.61 Å². The van der Waals surface area contributed by atoms with Gasteiger partial charge in [-0.2, -0.15) is 13.2 Å². The number of rotatable bonds is 3. The molecule has 0 aliphatic heterocycles. The van der Waals surface area contributed by atoms with Crippen LogP contribution in [-0.2, 0) is 9.53 Å². The first kappa shape index (κ1) is 13.1. The predicted molar refractivity (Wildman–Crippen MR) is 52.7 cm³/mol. The Kier molecular flexibility index (Phi) is 4.38. The van der Waals surface area contributed by atoms with Gasteiger partial charge in [-0.3, -0.25) is 0 Å². The van der Waals surface area contributed by atoms with Crippen LogP contribution < -0.4 is 0 Å². The molecule has 1 aliphatic carbocycles. The van der Waals surface area contributed by atoms with Gasteiger partial charge in [-0.15, -0.1) is 0 Å². The average Bonchev–Trinajstić information content (AvgIpc) is 2.65. The SMILES string of the molecule is CCOC(=O)/C=C(\C1CCCC1)C(F)(F)F. The normalized spacial score (nSPS) is 18.9. The maximum Gasteiger partial charge on any atom is 0.413 e. The van der Waals surface area contributed by atoms with Crippen LogP contribution in [0.4, 0.5) is 13.2 Å². The second-order valence-electron chi connectivity index (χ2n) is 3.83. The first-order chi connectivity index (χ1) is 7.45. The van der Waals surface area contributed by atoms with Gasteiger partial charge in [0, 0.05) is 11.6 Å². The summed E-state index contributed by atoms with van der Waals surface area (Å²) in [5, 5.41) is 0. The highest BCUT2D eigenvalue weighted by molar-refractivity contribution is 5.83. The first-order valence-electron chi connectivity index (χ1n) is 5.40. The highest BCUT2D eigenvalue weighted by atomic mass is 19.4. The molecule has 0 N–H and O–H groups in total. The van der Waals surface area contributed by atoms with Crippen LogP contribution in [0.15, 0.2) is 11.6 Å². The number of alkyl halides is 3. The van der Waals surface area contributed by atoms with Gasteiger partial charge in [0.2, 0.25) is 0 Å². The molecule has 0 unspecified atom stereocenters. The molecule has 0 heterocycles. The molecule has 1 fully saturated rings. The van der Waals surface area contributed by atoms with Crippen molar-refractivity contribution in [3.05, 3.63) is 11.6 Å². The Morgan fingerprint density at radius 3 is 2.38 bits per heavy atom. The summed E-state index contributed by atoms with van der Waals surface area (Å²) >= 11 is 0. The van der Waals surface area contributed by atoms with Crippen LogP contribution in [0.5, 0.6) is 0 Å². The number of carbonyl (C=O) groups is 1. The Bertz CT molecular complexity index is 275. The van der Waals surface area contributed by atoms with Gasteiger partial charge >= 0.3 is 12.1 Å². The van der Waals surface area contributed by atoms with Gasteiger partial charge in [-0.25, -0.2) is 4.79 Å². The van der Waals surface area contributed by atoms with E-state index in [-0.39, 0.29) is 6.61 Å². The summed E-state index contributed by atoms with van der Waals surface area (Å²) < 4.78 is 42.6. The number of ether oxygens (including phenoxy) is 1. The minimum atomic E-state index is -4.43. The fourth-order valence-corrected chi connectivity index (χ4v) is 1.98. The summed E-state index contributed by atoms with van der Waals surface area (Å²) in [6.07, 6.45) is -1.22. The van der Waals surface area contributed by atoms with Crippen molar-refractivity contribution in [3.8, 4) is 0 Å². The van der Waals surface area contributed by atoms with Gasteiger partial charge < -0.3 is 4.74 Å². The van der Waals surface area contributed by atoms with Crippen LogP contribution in [-0.4, -0.2) is 18.8 Å². The highest BCUT2D eigenvalue weighted by Crippen LogP contribution is 2.39. The summed E-state index contributed by atoms with van der Waals surface area (Å²) in [6.45, 7) is 1.65. The van der Waals surface area contributed by atoms with Crippen molar-refractivity contribution in [3.63, 3.8) is 0 Å². The Morgan fingerprint density at radius 1 is 1.38 bits per heavy atom. The molecule has 1 saturated carbocycles. The minimum Gasteiger partial charge on any atom is -0.463 e. The molecule has 0 saturated heterocycles. The van der Waals surface area contributed by atoms with Crippen molar-refractivity contribution < 1.29 is 22.7 Å². The maximum absolute atomic E-state index is 12.7. The Hall–Kier alpha value is -1.00. The second kappa shape index (κ2) is 5.37. The molecule has 92 valence electrons. The van der Waals surface area contributed by atoms with Crippen LogP contribution in [0.3, 0.4) is 0 Å². The van der Waals surface area contributed by atoms with E-state index in [1.165, 1.54) is 0 Å². The van der Waals surface area contributed by atoms with E-state index < -0.39 is 23.6 Å². The Balaban J connectivity index is 2.82. The predicted octanol–water partition coefficient (Wildman–Crippen LogP) is 3.23. The first-order valence-corrected chi connectivity index (χ1v) is 5.40. The van der Waals surface area contributed by atoms with E-state index >= 15 is 0 Å². The monoisotopic (exact) mass is 236 g/mol. The summed E-state index contributed by atoms with van der Waals surface area (Å²) in [6, 6.07) is 0. The van der Waals surface area contributed by atoms with E-state index in [2.05, 4.69) is 4.74 Å². The molecule has 0 aromatic carbocycles. The van der Waals surface area contributed by atoms with Crippen LogP contribution in [0.25, 0.3) is 0 Å². The van der Waals surface area contributed by atoms with Gasteiger partial charge in [0.25, 0.3) is 0 Å². The lowest BCUT2D eigenvalue weighted by Gasteiger charge is -2.17. The Labute approximate surface area is 92.5 Å². The van der Waals surface area contributed by atoms with E-state index in [0.717, 1.165) is 12.8 Å². The third kappa shape index (κ3) is 3.54. The van der Waals surface area contributed by atoms with Gasteiger partial charge in [-0.1, -0.05) is 12.8 Å². The fraction of sp³-hybridized carbons (Fsp3) is 0.727. The molecular formula is C11H15F3O2. The Morgan fingerprint density at radius 2 is 1.94 bits per heavy atom. The van der Waals surface area contributed by atoms with E-state index in [1.54, 1.807) is 6.92 Å². The van der Waals surface area contributed by atoms with E-state index in [1.807, 2.05) is 0 Å². The van der Waals surface area contributed by atoms with Crippen molar-refractivity contribution in [1.29, 1.82) is 0 Å². The standard InChI is InChI=1S/C11H15F3O2/c1-2-16-10(15)7-9(11(12,13)14)8-5-3-4-6-8/h7-8H,2-6H2,1H3/b9-7+. The lowest BCUT2D eigenvalue weighted by molar-refractivity contribution is -0.138. The summed E-state index contributed by atoms with van der Waals surface area (Å²) in [5.41, 5.74) is -0.733. The zero-order valence-electron chi connectivity index (χ0n) is 9.14. The third-order valence-corrected chi connectivity index (χ3v) is 2.68. The molecule has 1 rings (SSSR count). The molecule has 0 atom stereocenters. The van der Waals surface area contributed by atoms with Crippen molar-refractivity contribution in [2.24, 2.45) is 5.92 Å². The molecule has 0 amide bonds. The van der Waals surface area contributed by atoms with E-state index in [9.17, 15) is 18.0 Å². The number of halogens is 3. The van der Waals surface area contributed by atoms with Crippen LogP contribution in [0.1, 0.15) is 32.6 Å². The smallest absolute Gasteiger partial charge is 0.413 e. The zero-order valence-corrected chi connectivity index (χ0v) is 9.14. The molecular weight excluding hydrogens is 221 g/mol. The number of hydrogen-bond donors (Lipinski definition) is 0. The van der Waals surface area contributed by atoms with Gasteiger partial charge in [0.1, 0.15) is 0 Å². The molecule has 0 bridgehead atoms. The van der Waals surface area contributed by atoms with E-state index in [0.29, 0.717) is 18.9 Å². The molecule has 0 spiro atoms. The number of allylic oxidation sites excluding steroid dienone is 1. The van der Waals surface area contributed by atoms with Crippen LogP contribution in [0.2, 0.25) is 0 Å². The van der Waals surface area contributed by atoms with Crippen molar-refractivity contribution >= 4 is 5.97 Å². The molecule has 0 aromatic rings. The van der Waals surface area contributed by atoms with Crippen LogP contribution in [0, 0.1) is 5.92 Å². The van der Waals surface area contributed by atoms with Gasteiger partial charge in [-0.05, 0) is 25.7 Å². The lowest BCUT2D eigenvalue weighted by atomic mass is 9.96. The number of hydrogen-bond acceptors (Lipinski definition) is 2. The largest absolute Gasteiger partial charge is 0.463 e. The minimum absolute atomic E-state index is 0.0884. The molecule has 5 heteroatoms. The fourth-order valence-electron chi connectivity index (χ4n) is 1.98. The molecule has 0 radical (unpaired) electrons. The molecule has 2 nitrogen and oxygen atoms in total. The van der Waals surface area contributed by atoms with Crippen LogP contribution >= 0.6 is 0 Å². The molecule has 16 heavy (non-hydrogen) atoms. The number of carbonyl (C=O) groups excluding carboxylic acids is 1. The molecule has 0 aromatic heterocycles. The number of esters is 1. The summed E-state index contributed by atoms with van der Waals surface area (Å²) in [7, 11) is 0. The highest BCUT2D eigenvalue weighted by Gasteiger charge is 2.40. The topological polar surface area (TPSA) is 26.3 Å². The maximum atomic E-state index is 12.7. The second-order valence-corrected chi connectivity index (χ2v) is 3.83. The van der Waals surface area contributed by atoms with E-state index in [4.69, 9.17) is 0 Å². The van der Waals surface area contributed by atoms with Gasteiger partial charge in [0.15, 0.2) is 0 Å². The quantitative estimate of drug-likeness (QED) is 0.555. The van der Waals surface area contributed by atoms with Gasteiger partial charge in [0.05, 0.1) is 6.61 Å². The van der Waals surface area contributed by atoms with Crippen molar-refractivity contribution in [1.82, 2.24) is 0 Å². The lowest BCUT2D eigenvalue weighted by Crippen LogP contribution is -2.20. The van der Waals surface area contributed by atoms with Crippen molar-refractivity contribution in [2.45, 2.75) is 38.8 Å². The third-order valence-electron chi connectivity index (χ3n) is 2.68. The summed E-state index contributed by atoms with van der Waals surface area (Å²) in [5.74, 6) is -1.44. The zero-order chi connectivity index (χ0) is 12.2. The molecule has 1 aliphatic rings. The average molecular weight is 236 g/mol.